The molecule has 0 aromatic rings. The normalized spacial score (nSPS) is 19.6. The maximum Gasteiger partial charge on any atom is 0.160 e. The molecule has 0 aromatic carbocycles. The summed E-state index contributed by atoms with van der Waals surface area (Å²) in [6, 6.07) is 0. The number of allylic oxidation sites excluding steroid dienone is 6. The molecule has 1 heteroatoms. The Morgan fingerprint density at radius 3 is 2.18 bits per heavy atom. The van der Waals surface area contributed by atoms with Crippen molar-refractivity contribution in [2.75, 3.05) is 0 Å². The fourth-order valence-corrected chi connectivity index (χ4v) is 2.56. The summed E-state index contributed by atoms with van der Waals surface area (Å²) >= 11 is 0. The third kappa shape index (κ3) is 6.36. The minimum atomic E-state index is 0.872. The molecular formula is C16H25B. The predicted octanol–water partition coefficient (Wildman–Crippen LogP) is 4.77. The van der Waals surface area contributed by atoms with E-state index in [0.717, 1.165) is 5.82 Å². The highest BCUT2D eigenvalue weighted by molar-refractivity contribution is 6.48. The molecule has 1 aliphatic carbocycles. The second kappa shape index (κ2) is 9.10. The monoisotopic (exact) mass is 228 g/mol. The Morgan fingerprint density at radius 1 is 0.941 bits per heavy atom. The lowest BCUT2D eigenvalue weighted by molar-refractivity contribution is 0.502. The second-order valence-electron chi connectivity index (χ2n) is 4.98. The summed E-state index contributed by atoms with van der Waals surface area (Å²) in [6.07, 6.45) is 20.0. The van der Waals surface area contributed by atoms with Crippen molar-refractivity contribution >= 4 is 7.28 Å². The van der Waals surface area contributed by atoms with E-state index in [9.17, 15) is 0 Å². The molecule has 92 valence electrons. The molecule has 0 heterocycles. The van der Waals surface area contributed by atoms with Gasteiger partial charge in [-0.15, -0.1) is 0 Å². The van der Waals surface area contributed by atoms with Crippen molar-refractivity contribution in [1.82, 2.24) is 0 Å². The SMILES string of the molecule is C=C/C=C\C=C(\BC1CCCCCCC1)C=C. The number of hydrogen-bond donors (Lipinski definition) is 0. The van der Waals surface area contributed by atoms with Crippen LogP contribution in [0, 0.1) is 0 Å². The van der Waals surface area contributed by atoms with Crippen LogP contribution in [0.15, 0.2) is 49.0 Å². The van der Waals surface area contributed by atoms with Crippen LogP contribution >= 0.6 is 0 Å². The first kappa shape index (κ1) is 14.1. The van der Waals surface area contributed by atoms with Gasteiger partial charge in [-0.3, -0.25) is 0 Å². The van der Waals surface area contributed by atoms with Crippen molar-refractivity contribution in [2.24, 2.45) is 0 Å². The van der Waals surface area contributed by atoms with Crippen LogP contribution < -0.4 is 0 Å². The van der Waals surface area contributed by atoms with E-state index in [-0.39, 0.29) is 0 Å². The van der Waals surface area contributed by atoms with Gasteiger partial charge in [0.05, 0.1) is 0 Å². The molecule has 0 aromatic heterocycles. The van der Waals surface area contributed by atoms with Gasteiger partial charge in [-0.05, 0) is 0 Å². The fourth-order valence-electron chi connectivity index (χ4n) is 2.56. The quantitative estimate of drug-likeness (QED) is 0.469. The van der Waals surface area contributed by atoms with E-state index in [4.69, 9.17) is 0 Å². The summed E-state index contributed by atoms with van der Waals surface area (Å²) in [6.45, 7) is 7.60. The lowest BCUT2D eigenvalue weighted by Crippen LogP contribution is -2.08. The Bertz CT molecular complexity index is 278. The number of hydrogen-bond acceptors (Lipinski definition) is 0. The summed E-state index contributed by atoms with van der Waals surface area (Å²) in [7, 11) is 1.20. The smallest absolute Gasteiger partial charge is 0.0996 e. The van der Waals surface area contributed by atoms with Crippen LogP contribution in [0.1, 0.15) is 44.9 Å². The van der Waals surface area contributed by atoms with Crippen LogP contribution in [0.25, 0.3) is 0 Å². The molecule has 1 rings (SSSR count). The van der Waals surface area contributed by atoms with Gasteiger partial charge in [-0.2, -0.15) is 0 Å². The van der Waals surface area contributed by atoms with Crippen LogP contribution in [-0.4, -0.2) is 7.28 Å². The molecule has 0 aliphatic heterocycles. The van der Waals surface area contributed by atoms with Gasteiger partial charge in [0.15, 0.2) is 7.28 Å². The van der Waals surface area contributed by atoms with Crippen LogP contribution in [0.5, 0.6) is 0 Å². The van der Waals surface area contributed by atoms with E-state index in [0.29, 0.717) is 0 Å². The molecule has 0 radical (unpaired) electrons. The van der Waals surface area contributed by atoms with Gasteiger partial charge in [-0.25, -0.2) is 0 Å². The molecule has 0 atom stereocenters. The molecule has 17 heavy (non-hydrogen) atoms. The lowest BCUT2D eigenvalue weighted by atomic mass is 9.55. The first-order valence-electron chi connectivity index (χ1n) is 6.97. The Kier molecular flexibility index (Phi) is 7.54. The van der Waals surface area contributed by atoms with Crippen molar-refractivity contribution < 1.29 is 0 Å². The Labute approximate surface area is 107 Å². The maximum atomic E-state index is 3.92. The van der Waals surface area contributed by atoms with Gasteiger partial charge in [0.1, 0.15) is 0 Å². The van der Waals surface area contributed by atoms with Crippen molar-refractivity contribution in [3.8, 4) is 0 Å². The van der Waals surface area contributed by atoms with Crippen molar-refractivity contribution in [3.05, 3.63) is 49.0 Å². The fraction of sp³-hybridized carbons (Fsp3) is 0.500. The third-order valence-corrected chi connectivity index (χ3v) is 3.57. The van der Waals surface area contributed by atoms with Gasteiger partial charge >= 0.3 is 0 Å². The molecule has 0 amide bonds. The molecule has 0 bridgehead atoms. The topological polar surface area (TPSA) is 0 Å². The number of rotatable bonds is 5. The van der Waals surface area contributed by atoms with E-state index in [1.165, 1.54) is 57.7 Å². The van der Waals surface area contributed by atoms with E-state index in [1.807, 2.05) is 18.2 Å². The summed E-state index contributed by atoms with van der Waals surface area (Å²) in [5, 5.41) is 0. The molecule has 1 saturated carbocycles. The predicted molar refractivity (Wildman–Crippen MR) is 80.8 cm³/mol. The van der Waals surface area contributed by atoms with Gasteiger partial charge in [0.2, 0.25) is 0 Å². The molecule has 0 nitrogen and oxygen atoms in total. The molecule has 0 unspecified atom stereocenters. The molecule has 0 saturated heterocycles. The van der Waals surface area contributed by atoms with E-state index in [1.54, 1.807) is 0 Å². The highest BCUT2D eigenvalue weighted by atomic mass is 14.1. The van der Waals surface area contributed by atoms with Crippen molar-refractivity contribution in [1.29, 1.82) is 0 Å². The zero-order chi connectivity index (χ0) is 12.3. The van der Waals surface area contributed by atoms with Gasteiger partial charge < -0.3 is 0 Å². The Hall–Kier alpha value is -0.975. The zero-order valence-electron chi connectivity index (χ0n) is 11.0. The van der Waals surface area contributed by atoms with Crippen molar-refractivity contribution in [2.45, 2.75) is 50.8 Å². The molecule has 0 spiro atoms. The summed E-state index contributed by atoms with van der Waals surface area (Å²) < 4.78 is 0. The van der Waals surface area contributed by atoms with E-state index < -0.39 is 0 Å². The highest BCUT2D eigenvalue weighted by Gasteiger charge is 2.13. The van der Waals surface area contributed by atoms with Crippen LogP contribution in [0.4, 0.5) is 0 Å². The summed E-state index contributed by atoms with van der Waals surface area (Å²) in [5.74, 6) is 0.872. The first-order chi connectivity index (χ1) is 8.36. The van der Waals surface area contributed by atoms with Crippen molar-refractivity contribution in [3.63, 3.8) is 0 Å². The lowest BCUT2D eigenvalue weighted by Gasteiger charge is -2.18. The molecular weight excluding hydrogens is 203 g/mol. The molecule has 1 fully saturated rings. The second-order valence-corrected chi connectivity index (χ2v) is 4.98. The Balaban J connectivity index is 2.47. The van der Waals surface area contributed by atoms with Gasteiger partial charge in [0, 0.05) is 0 Å². The average molecular weight is 228 g/mol. The average Bonchev–Trinajstić information content (AvgIpc) is 2.30. The van der Waals surface area contributed by atoms with Crippen LogP contribution in [-0.2, 0) is 0 Å². The van der Waals surface area contributed by atoms with E-state index >= 15 is 0 Å². The van der Waals surface area contributed by atoms with Crippen LogP contribution in [0.3, 0.4) is 0 Å². The third-order valence-electron chi connectivity index (χ3n) is 3.57. The highest BCUT2D eigenvalue weighted by Crippen LogP contribution is 2.27. The minimum Gasteiger partial charge on any atom is -0.0996 e. The zero-order valence-corrected chi connectivity index (χ0v) is 11.0. The minimum absolute atomic E-state index is 0.872. The molecule has 1 aliphatic rings. The first-order valence-corrected chi connectivity index (χ1v) is 6.97. The van der Waals surface area contributed by atoms with Crippen LogP contribution in [0.2, 0.25) is 5.82 Å². The largest absolute Gasteiger partial charge is 0.160 e. The van der Waals surface area contributed by atoms with E-state index in [2.05, 4.69) is 25.3 Å². The summed E-state index contributed by atoms with van der Waals surface area (Å²) in [4.78, 5) is 0. The standard InChI is InChI=1S/C16H25B/c1-3-5-9-12-15(4-2)17-16-13-10-7-6-8-11-14-16/h3-5,9,12,16-17H,1-2,6-8,10-11,13-14H2/b9-5-,15-12+. The molecule has 0 N–H and O–H groups in total. The Morgan fingerprint density at radius 2 is 1.59 bits per heavy atom. The summed E-state index contributed by atoms with van der Waals surface area (Å²) in [5.41, 5.74) is 1.37. The van der Waals surface area contributed by atoms with Gasteiger partial charge in [0.25, 0.3) is 0 Å². The maximum absolute atomic E-state index is 3.92. The van der Waals surface area contributed by atoms with Gasteiger partial charge in [-0.1, -0.05) is 99.8 Å².